The Kier molecular flexibility index (Phi) is 8.63. The van der Waals surface area contributed by atoms with Gasteiger partial charge in [-0.2, -0.15) is 0 Å². The van der Waals surface area contributed by atoms with Gasteiger partial charge in [-0.15, -0.1) is 35.7 Å². The number of aliphatic imine (C=N–C) groups is 1. The summed E-state index contributed by atoms with van der Waals surface area (Å²) in [6, 6.07) is 21.6. The quantitative estimate of drug-likeness (QED) is 0.201. The van der Waals surface area contributed by atoms with E-state index in [9.17, 15) is 4.79 Å². The third-order valence-corrected chi connectivity index (χ3v) is 6.57. The Hall–Kier alpha value is -2.46. The molecule has 0 atom stereocenters. The maximum Gasteiger partial charge on any atom is 0.291 e. The summed E-state index contributed by atoms with van der Waals surface area (Å²) in [5.41, 5.74) is 1.76. The number of nitrogens with zero attached hydrogens (tertiary/aromatic N) is 1. The van der Waals surface area contributed by atoms with E-state index >= 15 is 0 Å². The van der Waals surface area contributed by atoms with Crippen molar-refractivity contribution in [3.05, 3.63) is 84.3 Å². The summed E-state index contributed by atoms with van der Waals surface area (Å²) in [4.78, 5) is 17.8. The summed E-state index contributed by atoms with van der Waals surface area (Å²) in [5, 5.41) is 9.67. The number of carbonyl (C=O) groups is 1. The van der Waals surface area contributed by atoms with Crippen molar-refractivity contribution in [2.24, 2.45) is 4.99 Å². The van der Waals surface area contributed by atoms with Crippen molar-refractivity contribution in [3.63, 3.8) is 0 Å². The van der Waals surface area contributed by atoms with E-state index in [0.29, 0.717) is 6.54 Å². The Bertz CT molecular complexity index is 1040. The van der Waals surface area contributed by atoms with Crippen LogP contribution in [-0.4, -0.2) is 30.2 Å². The first-order chi connectivity index (χ1) is 15.2. The molecule has 0 saturated heterocycles. The number of hydrogen-bond acceptors (Lipinski definition) is 4. The van der Waals surface area contributed by atoms with Gasteiger partial charge in [0.1, 0.15) is 0 Å². The number of halogens is 1. The molecule has 6 nitrogen and oxygen atoms in total. The fourth-order valence-corrected chi connectivity index (χ4v) is 4.45. The lowest BCUT2D eigenvalue weighted by atomic mass is 10.2. The number of rotatable bonds is 8. The molecule has 0 aliphatic heterocycles. The van der Waals surface area contributed by atoms with Crippen molar-refractivity contribution >= 4 is 53.3 Å². The van der Waals surface area contributed by atoms with E-state index in [-0.39, 0.29) is 40.4 Å². The average molecular weight is 562 g/mol. The van der Waals surface area contributed by atoms with Gasteiger partial charge in [-0.25, -0.2) is 0 Å². The summed E-state index contributed by atoms with van der Waals surface area (Å²) in [5.74, 6) is 0.790. The molecule has 0 spiro atoms. The van der Waals surface area contributed by atoms with Crippen molar-refractivity contribution in [1.82, 2.24) is 10.6 Å². The van der Waals surface area contributed by atoms with Crippen LogP contribution in [0.25, 0.3) is 0 Å². The standard InChI is InChI=1S/C24H26N4O2S.HI/c1-25-23(27-17-24(12-13-24)31-20-9-3-2-4-10-20)26-16-18-7-5-8-19(15-18)28-22(29)21-11-6-14-30-21;/h2-11,14-15H,12-13,16-17H2,1H3,(H,28,29)(H2,25,26,27);1H. The summed E-state index contributed by atoms with van der Waals surface area (Å²) < 4.78 is 5.38. The van der Waals surface area contributed by atoms with Crippen molar-refractivity contribution < 1.29 is 9.21 Å². The van der Waals surface area contributed by atoms with Crippen molar-refractivity contribution in [1.29, 1.82) is 0 Å². The lowest BCUT2D eigenvalue weighted by Crippen LogP contribution is -2.40. The monoisotopic (exact) mass is 562 g/mol. The van der Waals surface area contributed by atoms with Crippen LogP contribution in [-0.2, 0) is 6.54 Å². The van der Waals surface area contributed by atoms with Crippen LogP contribution < -0.4 is 16.0 Å². The SMILES string of the molecule is CN=C(NCc1cccc(NC(=O)c2ccco2)c1)NCC1(Sc2ccccc2)CC1.I. The molecule has 8 heteroatoms. The number of nitrogens with one attached hydrogen (secondary N) is 3. The van der Waals surface area contributed by atoms with Crippen molar-refractivity contribution in [3.8, 4) is 0 Å². The molecule has 3 aromatic rings. The van der Waals surface area contributed by atoms with Gasteiger partial charge < -0.3 is 20.4 Å². The Morgan fingerprint density at radius 3 is 2.56 bits per heavy atom. The van der Waals surface area contributed by atoms with Gasteiger partial charge in [0.15, 0.2) is 11.7 Å². The molecule has 1 aromatic heterocycles. The Balaban J connectivity index is 0.00000289. The Morgan fingerprint density at radius 2 is 1.88 bits per heavy atom. The van der Waals surface area contributed by atoms with Crippen LogP contribution in [0.1, 0.15) is 29.0 Å². The van der Waals surface area contributed by atoms with E-state index in [1.54, 1.807) is 19.2 Å². The molecule has 3 N–H and O–H groups in total. The predicted octanol–water partition coefficient (Wildman–Crippen LogP) is 5.14. The van der Waals surface area contributed by atoms with Gasteiger partial charge in [0.05, 0.1) is 6.26 Å². The van der Waals surface area contributed by atoms with E-state index in [2.05, 4.69) is 45.2 Å². The first-order valence-corrected chi connectivity index (χ1v) is 11.1. The van der Waals surface area contributed by atoms with Gasteiger partial charge in [-0.05, 0) is 54.8 Å². The maximum absolute atomic E-state index is 12.2. The minimum absolute atomic E-state index is 0. The maximum atomic E-state index is 12.2. The van der Waals surface area contributed by atoms with E-state index < -0.39 is 0 Å². The van der Waals surface area contributed by atoms with E-state index in [1.165, 1.54) is 24.0 Å². The topological polar surface area (TPSA) is 78.7 Å². The largest absolute Gasteiger partial charge is 0.459 e. The summed E-state index contributed by atoms with van der Waals surface area (Å²) >= 11 is 1.94. The summed E-state index contributed by atoms with van der Waals surface area (Å²) in [6.45, 7) is 1.47. The number of anilines is 1. The van der Waals surface area contributed by atoms with Gasteiger partial charge >= 0.3 is 0 Å². The molecule has 1 amide bonds. The lowest BCUT2D eigenvalue weighted by molar-refractivity contribution is 0.0996. The number of guanidine groups is 1. The van der Waals surface area contributed by atoms with Crippen LogP contribution in [0, 0.1) is 0 Å². The third kappa shape index (κ3) is 6.77. The zero-order valence-corrected chi connectivity index (χ0v) is 21.0. The molecule has 2 aromatic carbocycles. The molecule has 168 valence electrons. The second kappa shape index (κ2) is 11.4. The molecule has 4 rings (SSSR count). The van der Waals surface area contributed by atoms with Crippen molar-refractivity contribution in [2.75, 3.05) is 18.9 Å². The van der Waals surface area contributed by atoms with Crippen LogP contribution in [0.2, 0.25) is 0 Å². The molecule has 1 aliphatic rings. The minimum atomic E-state index is -0.266. The second-order valence-electron chi connectivity index (χ2n) is 7.51. The van der Waals surface area contributed by atoms with Gasteiger partial charge in [0.2, 0.25) is 0 Å². The number of benzene rings is 2. The summed E-state index contributed by atoms with van der Waals surface area (Å²) in [7, 11) is 1.78. The van der Waals surface area contributed by atoms with Crippen molar-refractivity contribution in [2.45, 2.75) is 29.0 Å². The van der Waals surface area contributed by atoms with E-state index in [4.69, 9.17) is 4.42 Å². The fourth-order valence-electron chi connectivity index (χ4n) is 3.20. The molecule has 0 unspecified atom stereocenters. The molecular weight excluding hydrogens is 535 g/mol. The van der Waals surface area contributed by atoms with Crippen LogP contribution >= 0.6 is 35.7 Å². The highest BCUT2D eigenvalue weighted by molar-refractivity contribution is 14.0. The third-order valence-electron chi connectivity index (χ3n) is 5.08. The number of hydrogen-bond donors (Lipinski definition) is 3. The Morgan fingerprint density at radius 1 is 1.06 bits per heavy atom. The van der Waals surface area contributed by atoms with Gasteiger partial charge in [-0.1, -0.05) is 30.3 Å². The molecule has 32 heavy (non-hydrogen) atoms. The van der Waals surface area contributed by atoms with Crippen LogP contribution in [0.15, 0.2) is 87.3 Å². The van der Waals surface area contributed by atoms with Gasteiger partial charge in [0, 0.05) is 35.5 Å². The van der Waals surface area contributed by atoms with Gasteiger partial charge in [0.25, 0.3) is 5.91 Å². The smallest absolute Gasteiger partial charge is 0.291 e. The number of furan rings is 1. The highest BCUT2D eigenvalue weighted by atomic mass is 127. The zero-order valence-electron chi connectivity index (χ0n) is 17.8. The molecule has 1 fully saturated rings. The van der Waals surface area contributed by atoms with Crippen LogP contribution in [0.5, 0.6) is 0 Å². The number of thioether (sulfide) groups is 1. The van der Waals surface area contributed by atoms with Gasteiger partial charge in [-0.3, -0.25) is 9.79 Å². The molecule has 0 radical (unpaired) electrons. The van der Waals surface area contributed by atoms with Crippen LogP contribution in [0.3, 0.4) is 0 Å². The summed E-state index contributed by atoms with van der Waals surface area (Å²) in [6.07, 6.45) is 3.89. The first kappa shape index (κ1) is 24.2. The fraction of sp³-hybridized carbons (Fsp3) is 0.250. The highest BCUT2D eigenvalue weighted by Gasteiger charge is 2.43. The number of amides is 1. The van der Waals surface area contributed by atoms with Crippen LogP contribution in [0.4, 0.5) is 5.69 Å². The Labute approximate surface area is 209 Å². The minimum Gasteiger partial charge on any atom is -0.459 e. The van der Waals surface area contributed by atoms with E-state index in [0.717, 1.165) is 23.8 Å². The number of carbonyl (C=O) groups excluding carboxylic acids is 1. The second-order valence-corrected chi connectivity index (χ2v) is 9.05. The molecule has 1 saturated carbocycles. The molecular formula is C24H27IN4O2S. The predicted molar refractivity (Wildman–Crippen MR) is 141 cm³/mol. The molecule has 1 aliphatic carbocycles. The van der Waals surface area contributed by atoms with E-state index in [1.807, 2.05) is 42.1 Å². The average Bonchev–Trinajstić information content (AvgIpc) is 3.32. The first-order valence-electron chi connectivity index (χ1n) is 10.3. The lowest BCUT2D eigenvalue weighted by Gasteiger charge is -2.18. The zero-order chi connectivity index (χ0) is 21.5. The normalized spacial score (nSPS) is 14.2. The highest BCUT2D eigenvalue weighted by Crippen LogP contribution is 2.51. The molecule has 0 bridgehead atoms. The molecule has 1 heterocycles.